The number of hydrogen-bond donors (Lipinski definition) is 3. The van der Waals surface area contributed by atoms with Crippen molar-refractivity contribution in [1.82, 2.24) is 10.6 Å². The van der Waals surface area contributed by atoms with Crippen molar-refractivity contribution in [1.29, 1.82) is 0 Å². The van der Waals surface area contributed by atoms with Gasteiger partial charge in [-0.3, -0.25) is 4.79 Å². The molecule has 0 aliphatic carbocycles. The highest BCUT2D eigenvalue weighted by Gasteiger charge is 2.26. The third-order valence-electron chi connectivity index (χ3n) is 3.69. The molecule has 0 saturated heterocycles. The maximum atomic E-state index is 12.0. The largest absolute Gasteiger partial charge is 0.478 e. The number of amides is 3. The monoisotopic (exact) mass is 325 g/mol. The summed E-state index contributed by atoms with van der Waals surface area (Å²) in [5.41, 5.74) is 1.70. The zero-order valence-corrected chi connectivity index (χ0v) is 13.1. The molecule has 1 aliphatic rings. The standard InChI is InChI=1S/C18H19N3O3/c22-17-16(24-15-9-5-4-8-14(15)21-17)10-11-19-18(23)20-12-13-6-2-1-3-7-13/h1-9,16H,10-12H2,(H,21,22)(H2,19,20,23). The van der Waals surface area contributed by atoms with Crippen LogP contribution in [0.5, 0.6) is 5.75 Å². The van der Waals surface area contributed by atoms with E-state index in [1.807, 2.05) is 48.5 Å². The van der Waals surface area contributed by atoms with Crippen molar-refractivity contribution in [2.24, 2.45) is 0 Å². The number of rotatable bonds is 5. The summed E-state index contributed by atoms with van der Waals surface area (Å²) in [4.78, 5) is 23.8. The molecular formula is C18H19N3O3. The predicted molar refractivity (Wildman–Crippen MR) is 90.8 cm³/mol. The molecule has 24 heavy (non-hydrogen) atoms. The van der Waals surface area contributed by atoms with Gasteiger partial charge >= 0.3 is 6.03 Å². The van der Waals surface area contributed by atoms with E-state index in [1.54, 1.807) is 6.07 Å². The highest BCUT2D eigenvalue weighted by atomic mass is 16.5. The van der Waals surface area contributed by atoms with Gasteiger partial charge in [-0.05, 0) is 17.7 Å². The second-order valence-electron chi connectivity index (χ2n) is 5.48. The first-order chi connectivity index (χ1) is 11.7. The van der Waals surface area contributed by atoms with E-state index >= 15 is 0 Å². The summed E-state index contributed by atoms with van der Waals surface area (Å²) in [5, 5.41) is 8.31. The lowest BCUT2D eigenvalue weighted by atomic mass is 10.1. The number of carbonyl (C=O) groups excluding carboxylic acids is 2. The van der Waals surface area contributed by atoms with Crippen LogP contribution in [-0.2, 0) is 11.3 Å². The van der Waals surface area contributed by atoms with E-state index in [9.17, 15) is 9.59 Å². The second-order valence-corrected chi connectivity index (χ2v) is 5.48. The molecule has 0 spiro atoms. The number of ether oxygens (including phenoxy) is 1. The average Bonchev–Trinajstić information content (AvgIpc) is 2.61. The van der Waals surface area contributed by atoms with Crippen LogP contribution in [0.1, 0.15) is 12.0 Å². The molecule has 3 amide bonds. The molecule has 2 aromatic carbocycles. The van der Waals surface area contributed by atoms with Crippen molar-refractivity contribution >= 4 is 17.6 Å². The van der Waals surface area contributed by atoms with Gasteiger partial charge in [0.15, 0.2) is 6.10 Å². The minimum Gasteiger partial charge on any atom is -0.478 e. The Morgan fingerprint density at radius 2 is 1.79 bits per heavy atom. The van der Waals surface area contributed by atoms with Crippen molar-refractivity contribution in [3.8, 4) is 5.75 Å². The molecule has 1 unspecified atom stereocenters. The van der Waals surface area contributed by atoms with Gasteiger partial charge in [0, 0.05) is 19.5 Å². The average molecular weight is 325 g/mol. The lowest BCUT2D eigenvalue weighted by Crippen LogP contribution is -2.41. The molecule has 3 rings (SSSR count). The van der Waals surface area contributed by atoms with Crippen molar-refractivity contribution in [3.63, 3.8) is 0 Å². The van der Waals surface area contributed by atoms with Crippen LogP contribution in [0, 0.1) is 0 Å². The van der Waals surface area contributed by atoms with Crippen LogP contribution in [0.2, 0.25) is 0 Å². The lowest BCUT2D eigenvalue weighted by molar-refractivity contribution is -0.123. The van der Waals surface area contributed by atoms with E-state index in [0.717, 1.165) is 5.56 Å². The third kappa shape index (κ3) is 4.04. The number of urea groups is 1. The van der Waals surface area contributed by atoms with Gasteiger partial charge in [0.1, 0.15) is 5.75 Å². The maximum Gasteiger partial charge on any atom is 0.315 e. The van der Waals surface area contributed by atoms with Crippen molar-refractivity contribution in [3.05, 3.63) is 60.2 Å². The first kappa shape index (κ1) is 15.9. The number of anilines is 1. The number of hydrogen-bond acceptors (Lipinski definition) is 3. The summed E-state index contributed by atoms with van der Waals surface area (Å²) >= 11 is 0. The van der Waals surface area contributed by atoms with Crippen LogP contribution in [0.4, 0.5) is 10.5 Å². The molecule has 3 N–H and O–H groups in total. The molecule has 0 saturated carbocycles. The number of carbonyl (C=O) groups is 2. The van der Waals surface area contributed by atoms with E-state index in [-0.39, 0.29) is 11.9 Å². The van der Waals surface area contributed by atoms with E-state index in [2.05, 4.69) is 16.0 Å². The van der Waals surface area contributed by atoms with Gasteiger partial charge in [-0.15, -0.1) is 0 Å². The van der Waals surface area contributed by atoms with Crippen LogP contribution < -0.4 is 20.7 Å². The van der Waals surface area contributed by atoms with Crippen LogP contribution >= 0.6 is 0 Å². The predicted octanol–water partition coefficient (Wildman–Crippen LogP) is 2.28. The molecule has 1 atom stereocenters. The second kappa shape index (κ2) is 7.50. The number of nitrogens with one attached hydrogen (secondary N) is 3. The minimum atomic E-state index is -0.602. The molecule has 1 heterocycles. The van der Waals surface area contributed by atoms with Crippen molar-refractivity contribution < 1.29 is 14.3 Å². The van der Waals surface area contributed by atoms with Gasteiger partial charge in [-0.25, -0.2) is 4.79 Å². The molecule has 0 fully saturated rings. The molecule has 6 heteroatoms. The van der Waals surface area contributed by atoms with Crippen LogP contribution in [0.3, 0.4) is 0 Å². The van der Waals surface area contributed by atoms with Crippen LogP contribution in [-0.4, -0.2) is 24.6 Å². The Hall–Kier alpha value is -3.02. The normalized spacial score (nSPS) is 15.7. The van der Waals surface area contributed by atoms with Crippen LogP contribution in [0.25, 0.3) is 0 Å². The highest BCUT2D eigenvalue weighted by molar-refractivity contribution is 5.97. The molecule has 0 bridgehead atoms. The van der Waals surface area contributed by atoms with Gasteiger partial charge < -0.3 is 20.7 Å². The van der Waals surface area contributed by atoms with Gasteiger partial charge in [0.25, 0.3) is 5.91 Å². The van der Waals surface area contributed by atoms with E-state index in [4.69, 9.17) is 4.74 Å². The summed E-state index contributed by atoms with van der Waals surface area (Å²) < 4.78 is 5.67. The summed E-state index contributed by atoms with van der Waals surface area (Å²) in [6, 6.07) is 16.7. The molecule has 0 aromatic heterocycles. The fraction of sp³-hybridized carbons (Fsp3) is 0.222. The Balaban J connectivity index is 1.42. The zero-order valence-electron chi connectivity index (χ0n) is 13.1. The zero-order chi connectivity index (χ0) is 16.8. The molecule has 6 nitrogen and oxygen atoms in total. The lowest BCUT2D eigenvalue weighted by Gasteiger charge is -2.25. The fourth-order valence-electron chi connectivity index (χ4n) is 2.44. The maximum absolute atomic E-state index is 12.0. The highest BCUT2D eigenvalue weighted by Crippen LogP contribution is 2.29. The van der Waals surface area contributed by atoms with E-state index in [1.165, 1.54) is 0 Å². The van der Waals surface area contributed by atoms with Gasteiger partial charge in [0.05, 0.1) is 5.69 Å². The van der Waals surface area contributed by atoms with Crippen molar-refractivity contribution in [2.75, 3.05) is 11.9 Å². The first-order valence-corrected chi connectivity index (χ1v) is 7.84. The fourth-order valence-corrected chi connectivity index (χ4v) is 2.44. The third-order valence-corrected chi connectivity index (χ3v) is 3.69. The minimum absolute atomic E-state index is 0.194. The SMILES string of the molecule is O=C(NCCC1Oc2ccccc2NC1=O)NCc1ccccc1. The van der Waals surface area contributed by atoms with Gasteiger partial charge in [0.2, 0.25) is 0 Å². The molecule has 1 aliphatic heterocycles. The van der Waals surface area contributed by atoms with Crippen molar-refractivity contribution in [2.45, 2.75) is 19.1 Å². The summed E-state index contributed by atoms with van der Waals surface area (Å²) in [7, 11) is 0. The Kier molecular flexibility index (Phi) is 4.96. The van der Waals surface area contributed by atoms with E-state index in [0.29, 0.717) is 30.9 Å². The molecular weight excluding hydrogens is 306 g/mol. The summed E-state index contributed by atoms with van der Waals surface area (Å²) in [6.07, 6.45) is -0.201. The number of fused-ring (bicyclic) bond motifs is 1. The summed E-state index contributed by atoms with van der Waals surface area (Å²) in [5.74, 6) is 0.454. The number of para-hydroxylation sites is 2. The smallest absolute Gasteiger partial charge is 0.315 e. The Morgan fingerprint density at radius 1 is 1.04 bits per heavy atom. The van der Waals surface area contributed by atoms with Crippen LogP contribution in [0.15, 0.2) is 54.6 Å². The quantitative estimate of drug-likeness (QED) is 0.789. The topological polar surface area (TPSA) is 79.5 Å². The molecule has 2 aromatic rings. The Bertz CT molecular complexity index is 718. The Morgan fingerprint density at radius 3 is 2.62 bits per heavy atom. The molecule has 124 valence electrons. The van der Waals surface area contributed by atoms with Gasteiger partial charge in [-0.1, -0.05) is 42.5 Å². The molecule has 0 radical (unpaired) electrons. The first-order valence-electron chi connectivity index (χ1n) is 7.84. The summed E-state index contributed by atoms with van der Waals surface area (Å²) in [6.45, 7) is 0.807. The van der Waals surface area contributed by atoms with Gasteiger partial charge in [-0.2, -0.15) is 0 Å². The van der Waals surface area contributed by atoms with E-state index < -0.39 is 6.10 Å². The number of benzene rings is 2. The Labute approximate surface area is 140 Å².